The molecule has 29 heavy (non-hydrogen) atoms. The van der Waals surface area contributed by atoms with Crippen molar-refractivity contribution in [1.82, 2.24) is 5.43 Å². The molecular formula is C20H21ClIN3O4. The van der Waals surface area contributed by atoms with Gasteiger partial charge >= 0.3 is 0 Å². The average molecular weight is 530 g/mol. The van der Waals surface area contributed by atoms with Crippen molar-refractivity contribution in [2.24, 2.45) is 5.10 Å². The van der Waals surface area contributed by atoms with E-state index in [1.165, 1.54) is 6.21 Å². The van der Waals surface area contributed by atoms with E-state index in [1.807, 2.05) is 19.9 Å². The van der Waals surface area contributed by atoms with Crippen LogP contribution in [-0.4, -0.2) is 31.2 Å². The van der Waals surface area contributed by atoms with Crippen LogP contribution in [-0.2, 0) is 9.59 Å². The normalized spacial score (nSPS) is 10.8. The fourth-order valence-electron chi connectivity index (χ4n) is 2.27. The first-order chi connectivity index (χ1) is 13.8. The number of nitrogens with zero attached hydrogens (tertiary/aromatic N) is 1. The Morgan fingerprint density at radius 3 is 2.52 bits per heavy atom. The third kappa shape index (κ3) is 7.54. The second-order valence-corrected chi connectivity index (χ2v) is 7.82. The molecule has 0 radical (unpaired) electrons. The van der Waals surface area contributed by atoms with Gasteiger partial charge in [-0.25, -0.2) is 5.43 Å². The maximum absolute atomic E-state index is 11.9. The molecule has 2 amide bonds. The summed E-state index contributed by atoms with van der Waals surface area (Å²) < 4.78 is 12.0. The van der Waals surface area contributed by atoms with Gasteiger partial charge in [0, 0.05) is 10.7 Å². The van der Waals surface area contributed by atoms with E-state index in [2.05, 4.69) is 38.4 Å². The molecular weight excluding hydrogens is 509 g/mol. The molecule has 0 aliphatic rings. The highest BCUT2D eigenvalue weighted by atomic mass is 127. The van der Waals surface area contributed by atoms with E-state index in [0.717, 1.165) is 3.57 Å². The van der Waals surface area contributed by atoms with Crippen molar-refractivity contribution in [3.05, 3.63) is 50.6 Å². The molecule has 154 valence electrons. The Labute approximate surface area is 187 Å². The summed E-state index contributed by atoms with van der Waals surface area (Å²) in [7, 11) is 1.56. The van der Waals surface area contributed by atoms with Gasteiger partial charge in [-0.15, -0.1) is 0 Å². The van der Waals surface area contributed by atoms with Gasteiger partial charge in [-0.2, -0.15) is 5.10 Å². The van der Waals surface area contributed by atoms with E-state index >= 15 is 0 Å². The van der Waals surface area contributed by atoms with Gasteiger partial charge in [-0.1, -0.05) is 11.6 Å². The molecule has 2 rings (SSSR count). The van der Waals surface area contributed by atoms with E-state index in [4.69, 9.17) is 21.1 Å². The molecule has 2 aromatic rings. The number of hydrogen-bond acceptors (Lipinski definition) is 5. The number of benzene rings is 2. The second-order valence-electron chi connectivity index (χ2n) is 6.23. The topological polar surface area (TPSA) is 89.0 Å². The number of ether oxygens (including phenoxy) is 2. The van der Waals surface area contributed by atoms with Crippen molar-refractivity contribution in [1.29, 1.82) is 0 Å². The Balaban J connectivity index is 1.93. The number of amides is 2. The van der Waals surface area contributed by atoms with E-state index in [0.29, 0.717) is 27.8 Å². The van der Waals surface area contributed by atoms with Crippen LogP contribution in [0.4, 0.5) is 5.69 Å². The highest BCUT2D eigenvalue weighted by molar-refractivity contribution is 14.1. The molecule has 0 fully saturated rings. The van der Waals surface area contributed by atoms with E-state index < -0.39 is 11.8 Å². The lowest BCUT2D eigenvalue weighted by atomic mass is 10.2. The predicted molar refractivity (Wildman–Crippen MR) is 122 cm³/mol. The second kappa shape index (κ2) is 11.0. The number of anilines is 1. The number of nitrogens with one attached hydrogen (secondary N) is 2. The molecule has 7 nitrogen and oxygen atoms in total. The summed E-state index contributed by atoms with van der Waals surface area (Å²) in [5, 5.41) is 7.07. The minimum Gasteiger partial charge on any atom is -0.493 e. The molecule has 0 spiro atoms. The molecule has 0 aliphatic carbocycles. The summed E-state index contributed by atoms with van der Waals surface area (Å²) in [6.07, 6.45) is 1.12. The lowest BCUT2D eigenvalue weighted by Gasteiger charge is -2.15. The van der Waals surface area contributed by atoms with Crippen LogP contribution in [0, 0.1) is 3.57 Å². The van der Waals surface area contributed by atoms with Gasteiger partial charge in [0.25, 0.3) is 0 Å². The maximum atomic E-state index is 11.9. The van der Waals surface area contributed by atoms with Crippen molar-refractivity contribution in [3.8, 4) is 11.5 Å². The van der Waals surface area contributed by atoms with Crippen LogP contribution < -0.4 is 20.2 Å². The summed E-state index contributed by atoms with van der Waals surface area (Å²) in [6, 6.07) is 10.2. The molecule has 0 saturated heterocycles. The summed E-state index contributed by atoms with van der Waals surface area (Å²) in [4.78, 5) is 23.8. The molecule has 0 heterocycles. The van der Waals surface area contributed by atoms with Crippen LogP contribution in [0.25, 0.3) is 0 Å². The van der Waals surface area contributed by atoms with Crippen molar-refractivity contribution >= 4 is 57.9 Å². The zero-order valence-electron chi connectivity index (χ0n) is 16.2. The number of methoxy groups -OCH3 is 1. The summed E-state index contributed by atoms with van der Waals surface area (Å²) in [6.45, 7) is 3.87. The molecule has 0 aliphatic heterocycles. The van der Waals surface area contributed by atoms with Crippen LogP contribution in [0.2, 0.25) is 5.02 Å². The fraction of sp³-hybridized carbons (Fsp3) is 0.250. The standard InChI is InChI=1S/C20H21ClIN3O4/c1-12(2)29-20-16(22)8-13(9-17(20)28-3)11-23-25-19(27)10-18(26)24-15-6-4-14(21)5-7-15/h4-9,11-12H,10H2,1-3H3,(H,24,26)(H,25,27). The SMILES string of the molecule is COc1cc(C=NNC(=O)CC(=O)Nc2ccc(Cl)cc2)cc(I)c1OC(C)C. The van der Waals surface area contributed by atoms with Crippen LogP contribution in [0.5, 0.6) is 11.5 Å². The Hall–Kier alpha value is -2.33. The molecule has 0 bridgehead atoms. The van der Waals surface area contributed by atoms with Gasteiger partial charge in [0.2, 0.25) is 11.8 Å². The zero-order chi connectivity index (χ0) is 21.4. The third-order valence-corrected chi connectivity index (χ3v) is 4.51. The average Bonchev–Trinajstić information content (AvgIpc) is 2.65. The van der Waals surface area contributed by atoms with Gasteiger partial charge in [0.1, 0.15) is 6.42 Å². The number of carbonyl (C=O) groups excluding carboxylic acids is 2. The lowest BCUT2D eigenvalue weighted by Crippen LogP contribution is -2.24. The van der Waals surface area contributed by atoms with Gasteiger partial charge < -0.3 is 14.8 Å². The van der Waals surface area contributed by atoms with Crippen molar-refractivity contribution in [2.75, 3.05) is 12.4 Å². The minimum absolute atomic E-state index is 0.00948. The number of carbonyl (C=O) groups is 2. The van der Waals surface area contributed by atoms with E-state index in [9.17, 15) is 9.59 Å². The fourth-order valence-corrected chi connectivity index (χ4v) is 3.15. The Kier molecular flexibility index (Phi) is 8.71. The highest BCUT2D eigenvalue weighted by Crippen LogP contribution is 2.34. The Morgan fingerprint density at radius 1 is 1.21 bits per heavy atom. The van der Waals surface area contributed by atoms with Gasteiger partial charge in [0.05, 0.1) is 23.0 Å². The smallest absolute Gasteiger partial charge is 0.249 e. The summed E-state index contributed by atoms with van der Waals surface area (Å²) in [5.74, 6) is 0.240. The van der Waals surface area contributed by atoms with Crippen molar-refractivity contribution < 1.29 is 19.1 Å². The van der Waals surface area contributed by atoms with Crippen molar-refractivity contribution in [2.45, 2.75) is 26.4 Å². The first-order valence-corrected chi connectivity index (χ1v) is 10.2. The molecule has 0 aromatic heterocycles. The van der Waals surface area contributed by atoms with Gasteiger partial charge in [0.15, 0.2) is 11.5 Å². The number of rotatable bonds is 8. The van der Waals surface area contributed by atoms with Crippen LogP contribution in [0.15, 0.2) is 41.5 Å². The highest BCUT2D eigenvalue weighted by Gasteiger charge is 2.13. The van der Waals surface area contributed by atoms with Crippen LogP contribution in [0.1, 0.15) is 25.8 Å². The molecule has 2 N–H and O–H groups in total. The first kappa shape index (κ1) is 23.0. The molecule has 0 atom stereocenters. The van der Waals surface area contributed by atoms with E-state index in [1.54, 1.807) is 37.4 Å². The maximum Gasteiger partial charge on any atom is 0.249 e. The van der Waals surface area contributed by atoms with Crippen LogP contribution in [0.3, 0.4) is 0 Å². The summed E-state index contributed by atoms with van der Waals surface area (Å²) >= 11 is 7.94. The number of hydrazone groups is 1. The molecule has 0 saturated carbocycles. The van der Waals surface area contributed by atoms with Gasteiger partial charge in [-0.05, 0) is 78.4 Å². The molecule has 0 unspecified atom stereocenters. The van der Waals surface area contributed by atoms with Crippen LogP contribution >= 0.6 is 34.2 Å². The molecule has 9 heteroatoms. The monoisotopic (exact) mass is 529 g/mol. The van der Waals surface area contributed by atoms with Crippen molar-refractivity contribution in [3.63, 3.8) is 0 Å². The lowest BCUT2D eigenvalue weighted by molar-refractivity contribution is -0.126. The Morgan fingerprint density at radius 2 is 1.90 bits per heavy atom. The number of halogens is 2. The quantitative estimate of drug-likeness (QED) is 0.232. The first-order valence-electron chi connectivity index (χ1n) is 8.70. The summed E-state index contributed by atoms with van der Waals surface area (Å²) in [5.41, 5.74) is 3.61. The van der Waals surface area contributed by atoms with Gasteiger partial charge in [-0.3, -0.25) is 9.59 Å². The Bertz CT molecular complexity index is 901. The largest absolute Gasteiger partial charge is 0.493 e. The number of hydrogen-bond donors (Lipinski definition) is 2. The third-order valence-electron chi connectivity index (χ3n) is 3.46. The van der Waals surface area contributed by atoms with E-state index in [-0.39, 0.29) is 12.5 Å². The zero-order valence-corrected chi connectivity index (χ0v) is 19.1. The minimum atomic E-state index is -0.533. The predicted octanol–water partition coefficient (Wildman–Crippen LogP) is 4.22. The molecule has 2 aromatic carbocycles.